The number of hydrogen-bond donors (Lipinski definition) is 0. The Kier molecular flexibility index (Phi) is 11.9. The first kappa shape index (κ1) is 16.7. The Morgan fingerprint density at radius 1 is 0.824 bits per heavy atom. The zero-order valence-corrected chi connectivity index (χ0v) is 12.2. The lowest BCUT2D eigenvalue weighted by atomic mass is 9.95. The van der Waals surface area contributed by atoms with Crippen LogP contribution in [0.15, 0.2) is 0 Å². The lowest BCUT2D eigenvalue weighted by Crippen LogP contribution is -1.99. The molecule has 0 rings (SSSR count). The van der Waals surface area contributed by atoms with Crippen molar-refractivity contribution in [3.05, 3.63) is 0 Å². The van der Waals surface area contributed by atoms with Crippen molar-refractivity contribution in [3.8, 4) is 0 Å². The van der Waals surface area contributed by atoms with Crippen LogP contribution in [0.25, 0.3) is 0 Å². The van der Waals surface area contributed by atoms with Crippen molar-refractivity contribution in [2.75, 3.05) is 0 Å². The average molecular weight is 240 g/mol. The van der Waals surface area contributed by atoms with Gasteiger partial charge in [-0.1, -0.05) is 78.6 Å². The number of carbonyl (C=O) groups excluding carboxylic acids is 1. The quantitative estimate of drug-likeness (QED) is 0.331. The molecule has 0 spiro atoms. The first-order chi connectivity index (χ1) is 8.20. The third kappa shape index (κ3) is 11.9. The van der Waals surface area contributed by atoms with Crippen molar-refractivity contribution in [2.45, 2.75) is 85.0 Å². The molecule has 0 aromatic heterocycles. The minimum atomic E-state index is 0.260. The number of hydrogen-bond acceptors (Lipinski definition) is 1. The van der Waals surface area contributed by atoms with E-state index in [-0.39, 0.29) is 5.92 Å². The summed E-state index contributed by atoms with van der Waals surface area (Å²) in [4.78, 5) is 10.5. The number of aldehydes is 1. The Morgan fingerprint density at radius 3 is 2.06 bits per heavy atom. The highest BCUT2D eigenvalue weighted by Gasteiger charge is 2.04. The van der Waals surface area contributed by atoms with E-state index in [2.05, 4.69) is 13.8 Å². The van der Waals surface area contributed by atoms with Gasteiger partial charge in [0.05, 0.1) is 0 Å². The Bertz CT molecular complexity index is 165. The van der Waals surface area contributed by atoms with Crippen LogP contribution >= 0.6 is 0 Å². The molecule has 102 valence electrons. The zero-order chi connectivity index (χ0) is 12.9. The zero-order valence-electron chi connectivity index (χ0n) is 12.2. The summed E-state index contributed by atoms with van der Waals surface area (Å²) in [7, 11) is 0. The van der Waals surface area contributed by atoms with E-state index in [9.17, 15) is 4.79 Å². The summed E-state index contributed by atoms with van der Waals surface area (Å²) in [5.41, 5.74) is 0. The van der Waals surface area contributed by atoms with Crippen molar-refractivity contribution >= 4 is 6.29 Å². The van der Waals surface area contributed by atoms with Crippen LogP contribution in [0.2, 0.25) is 0 Å². The molecule has 0 unspecified atom stereocenters. The highest BCUT2D eigenvalue weighted by molar-refractivity contribution is 5.52. The third-order valence-electron chi connectivity index (χ3n) is 3.64. The van der Waals surface area contributed by atoms with Crippen LogP contribution in [0.4, 0.5) is 0 Å². The van der Waals surface area contributed by atoms with Gasteiger partial charge in [-0.05, 0) is 12.3 Å². The molecule has 0 aliphatic rings. The van der Waals surface area contributed by atoms with Crippen molar-refractivity contribution in [1.82, 2.24) is 0 Å². The second-order valence-electron chi connectivity index (χ2n) is 5.71. The van der Waals surface area contributed by atoms with Crippen molar-refractivity contribution in [2.24, 2.45) is 11.8 Å². The normalized spacial score (nSPS) is 14.5. The van der Waals surface area contributed by atoms with Gasteiger partial charge in [-0.25, -0.2) is 0 Å². The Morgan fingerprint density at radius 2 is 1.41 bits per heavy atom. The molecule has 0 aliphatic heterocycles. The van der Waals surface area contributed by atoms with E-state index >= 15 is 0 Å². The lowest BCUT2D eigenvalue weighted by Gasteiger charge is -2.11. The molecule has 0 aliphatic carbocycles. The van der Waals surface area contributed by atoms with Gasteiger partial charge in [0.1, 0.15) is 6.29 Å². The second-order valence-corrected chi connectivity index (χ2v) is 5.71. The molecule has 0 fully saturated rings. The summed E-state index contributed by atoms with van der Waals surface area (Å²) in [5, 5.41) is 0. The predicted octanol–water partition coefficient (Wildman–Crippen LogP) is 5.38. The van der Waals surface area contributed by atoms with Gasteiger partial charge >= 0.3 is 0 Å². The summed E-state index contributed by atoms with van der Waals surface area (Å²) in [6.45, 7) is 6.64. The molecule has 0 heterocycles. The molecule has 2 atom stereocenters. The van der Waals surface area contributed by atoms with Gasteiger partial charge in [-0.2, -0.15) is 0 Å². The van der Waals surface area contributed by atoms with Crippen LogP contribution in [-0.4, -0.2) is 6.29 Å². The summed E-state index contributed by atoms with van der Waals surface area (Å²) >= 11 is 0. The van der Waals surface area contributed by atoms with E-state index in [1.54, 1.807) is 0 Å². The van der Waals surface area contributed by atoms with Crippen molar-refractivity contribution < 1.29 is 4.79 Å². The number of rotatable bonds is 12. The van der Waals surface area contributed by atoms with Gasteiger partial charge in [-0.15, -0.1) is 0 Å². The largest absolute Gasteiger partial charge is 0.303 e. The fourth-order valence-corrected chi connectivity index (χ4v) is 2.27. The third-order valence-corrected chi connectivity index (χ3v) is 3.64. The van der Waals surface area contributed by atoms with Gasteiger partial charge in [0.2, 0.25) is 0 Å². The maximum Gasteiger partial charge on any atom is 0.122 e. The highest BCUT2D eigenvalue weighted by atomic mass is 16.1. The SMILES string of the molecule is CCCCCCCC[C@H](C)CCC[C@H](C)C=O. The molecule has 0 aromatic carbocycles. The highest BCUT2D eigenvalue weighted by Crippen LogP contribution is 2.18. The maximum atomic E-state index is 10.5. The molecule has 0 amide bonds. The van der Waals surface area contributed by atoms with E-state index in [0.29, 0.717) is 0 Å². The minimum absolute atomic E-state index is 0.260. The molecule has 0 radical (unpaired) electrons. The van der Waals surface area contributed by atoms with Gasteiger partial charge in [0.25, 0.3) is 0 Å². The minimum Gasteiger partial charge on any atom is -0.303 e. The summed E-state index contributed by atoms with van der Waals surface area (Å²) < 4.78 is 0. The molecule has 1 heteroatoms. The van der Waals surface area contributed by atoms with Crippen LogP contribution in [0.3, 0.4) is 0 Å². The van der Waals surface area contributed by atoms with E-state index < -0.39 is 0 Å². The summed E-state index contributed by atoms with van der Waals surface area (Å²) in [6.07, 6.45) is 14.4. The smallest absolute Gasteiger partial charge is 0.122 e. The molecule has 0 N–H and O–H groups in total. The van der Waals surface area contributed by atoms with E-state index in [1.807, 2.05) is 6.92 Å². The fraction of sp³-hybridized carbons (Fsp3) is 0.938. The Labute approximate surface area is 108 Å². The van der Waals surface area contributed by atoms with Gasteiger partial charge in [0.15, 0.2) is 0 Å². The average Bonchev–Trinajstić information content (AvgIpc) is 2.33. The monoisotopic (exact) mass is 240 g/mol. The standard InChI is InChI=1S/C16H32O/c1-4-5-6-7-8-9-11-15(2)12-10-13-16(3)14-17/h14-16H,4-13H2,1-3H3/t15-,16-/m0/s1. The molecule has 0 bridgehead atoms. The molecular weight excluding hydrogens is 208 g/mol. The van der Waals surface area contributed by atoms with Gasteiger partial charge in [0, 0.05) is 5.92 Å². The van der Waals surface area contributed by atoms with E-state index in [4.69, 9.17) is 0 Å². The number of carbonyl (C=O) groups is 1. The molecule has 0 aromatic rings. The summed E-state index contributed by atoms with van der Waals surface area (Å²) in [6, 6.07) is 0. The predicted molar refractivity (Wildman–Crippen MR) is 76.2 cm³/mol. The van der Waals surface area contributed by atoms with Crippen LogP contribution < -0.4 is 0 Å². The van der Waals surface area contributed by atoms with Gasteiger partial charge in [-0.3, -0.25) is 0 Å². The van der Waals surface area contributed by atoms with Crippen LogP contribution in [0.1, 0.15) is 85.0 Å². The molecule has 0 saturated heterocycles. The van der Waals surface area contributed by atoms with Crippen LogP contribution in [0.5, 0.6) is 0 Å². The molecular formula is C16H32O. The first-order valence-corrected chi connectivity index (χ1v) is 7.66. The topological polar surface area (TPSA) is 17.1 Å². The summed E-state index contributed by atoms with van der Waals surface area (Å²) in [5.74, 6) is 1.11. The fourth-order valence-electron chi connectivity index (χ4n) is 2.27. The molecule has 1 nitrogen and oxygen atoms in total. The van der Waals surface area contributed by atoms with Crippen molar-refractivity contribution in [1.29, 1.82) is 0 Å². The van der Waals surface area contributed by atoms with Gasteiger partial charge < -0.3 is 4.79 Å². The lowest BCUT2D eigenvalue weighted by molar-refractivity contribution is -0.110. The molecule has 17 heavy (non-hydrogen) atoms. The molecule has 0 saturated carbocycles. The Hall–Kier alpha value is -0.330. The second kappa shape index (κ2) is 12.1. The van der Waals surface area contributed by atoms with Crippen molar-refractivity contribution in [3.63, 3.8) is 0 Å². The van der Waals surface area contributed by atoms with E-state index in [0.717, 1.165) is 18.6 Å². The maximum absolute atomic E-state index is 10.5. The van der Waals surface area contributed by atoms with Crippen LogP contribution in [-0.2, 0) is 4.79 Å². The first-order valence-electron chi connectivity index (χ1n) is 7.66. The Balaban J connectivity index is 3.22. The van der Waals surface area contributed by atoms with Crippen LogP contribution in [0, 0.1) is 11.8 Å². The number of unbranched alkanes of at least 4 members (excludes halogenated alkanes) is 5. The van der Waals surface area contributed by atoms with E-state index in [1.165, 1.54) is 57.8 Å².